The average Bonchev–Trinajstić information content (AvgIpc) is 3.38. The number of aromatic amines is 1. The minimum absolute atomic E-state index is 0.181. The second-order valence-electron chi connectivity index (χ2n) is 7.44. The molecule has 0 unspecified atom stereocenters. The third kappa shape index (κ3) is 4.62. The topological polar surface area (TPSA) is 116 Å². The van der Waals surface area contributed by atoms with Crippen LogP contribution in [0.4, 0.5) is 4.39 Å². The van der Waals surface area contributed by atoms with Crippen LogP contribution in [-0.4, -0.2) is 39.3 Å². The SMILES string of the molecule is CCCCn1c(=O)n(CCCn2nnc(Cc3ccc(F)cc3)n2)c(=O)c2[nH]c([ClH+])nc21. The lowest BCUT2D eigenvalue weighted by molar-refractivity contribution is -0.302. The molecule has 0 aliphatic carbocycles. The van der Waals surface area contributed by atoms with Crippen molar-refractivity contribution in [3.63, 3.8) is 0 Å². The standard InChI is InChI=1S/C20H22ClFN8O2/c1-2-3-9-28-17-16(23-19(21)24-17)18(31)29(20(28)32)10-4-11-30-26-15(25-27-30)12-13-5-7-14(22)8-6-13/h5-8,21H,2-4,9-12H2,1H3/p+1. The Morgan fingerprint density at radius 2 is 1.81 bits per heavy atom. The summed E-state index contributed by atoms with van der Waals surface area (Å²) >= 11 is 5.06. The first-order valence-corrected chi connectivity index (χ1v) is 10.8. The van der Waals surface area contributed by atoms with E-state index in [1.165, 1.54) is 26.1 Å². The van der Waals surface area contributed by atoms with E-state index in [2.05, 4.69) is 25.4 Å². The van der Waals surface area contributed by atoms with E-state index in [0.29, 0.717) is 37.4 Å². The molecule has 3 heterocycles. The van der Waals surface area contributed by atoms with Gasteiger partial charge in [-0.3, -0.25) is 18.9 Å². The summed E-state index contributed by atoms with van der Waals surface area (Å²) in [6.07, 6.45) is 2.57. The zero-order valence-electron chi connectivity index (χ0n) is 17.5. The molecule has 4 rings (SSSR count). The van der Waals surface area contributed by atoms with Gasteiger partial charge in [-0.2, -0.15) is 9.78 Å². The number of fused-ring (bicyclic) bond motifs is 1. The average molecular weight is 462 g/mol. The number of benzene rings is 1. The van der Waals surface area contributed by atoms with Crippen LogP contribution < -0.4 is 11.2 Å². The number of aromatic nitrogens is 8. The maximum Gasteiger partial charge on any atom is 0.398 e. The number of aryl methyl sites for hydroxylation is 2. The van der Waals surface area contributed by atoms with Gasteiger partial charge < -0.3 is 0 Å². The van der Waals surface area contributed by atoms with Crippen molar-refractivity contribution in [2.45, 2.75) is 52.2 Å². The highest BCUT2D eigenvalue weighted by molar-refractivity contribution is 5.69. The van der Waals surface area contributed by atoms with Gasteiger partial charge in [-0.25, -0.2) is 9.18 Å². The number of H-pyrrole nitrogens is 1. The van der Waals surface area contributed by atoms with Crippen LogP contribution in [0.2, 0.25) is 5.28 Å². The van der Waals surface area contributed by atoms with Gasteiger partial charge in [0.05, 0.1) is 6.54 Å². The van der Waals surface area contributed by atoms with Crippen molar-refractivity contribution in [2.24, 2.45) is 0 Å². The third-order valence-electron chi connectivity index (χ3n) is 5.08. The van der Waals surface area contributed by atoms with E-state index in [9.17, 15) is 14.0 Å². The molecule has 0 bridgehead atoms. The normalized spacial score (nSPS) is 11.5. The van der Waals surface area contributed by atoms with Gasteiger partial charge in [0, 0.05) is 19.5 Å². The molecule has 0 saturated heterocycles. The monoisotopic (exact) mass is 461 g/mol. The number of halogens is 2. The summed E-state index contributed by atoms with van der Waals surface area (Å²) < 4.78 is 15.7. The summed E-state index contributed by atoms with van der Waals surface area (Å²) in [5, 5.41) is 12.5. The van der Waals surface area contributed by atoms with Crippen molar-refractivity contribution in [2.75, 3.05) is 0 Å². The molecule has 0 atom stereocenters. The summed E-state index contributed by atoms with van der Waals surface area (Å²) in [6, 6.07) is 6.12. The highest BCUT2D eigenvalue weighted by Gasteiger charge is 2.18. The summed E-state index contributed by atoms with van der Waals surface area (Å²) in [5.74, 6) is 0.208. The van der Waals surface area contributed by atoms with Crippen LogP contribution in [0.15, 0.2) is 33.9 Å². The number of hydrogen-bond acceptors (Lipinski definition) is 6. The minimum atomic E-state index is -0.440. The second-order valence-corrected chi connectivity index (χ2v) is 7.83. The molecular weight excluding hydrogens is 439 g/mol. The molecule has 0 saturated carbocycles. The lowest BCUT2D eigenvalue weighted by Crippen LogP contribution is -2.40. The molecule has 1 N–H and O–H groups in total. The highest BCUT2D eigenvalue weighted by atomic mass is 35.5. The van der Waals surface area contributed by atoms with E-state index in [1.807, 2.05) is 6.92 Å². The number of unbranched alkanes of at least 4 members (excludes halogenated alkanes) is 1. The number of rotatable bonds is 9. The Morgan fingerprint density at radius 3 is 2.56 bits per heavy atom. The van der Waals surface area contributed by atoms with Crippen molar-refractivity contribution in [3.05, 3.63) is 67.6 Å². The first-order chi connectivity index (χ1) is 15.5. The van der Waals surface area contributed by atoms with Crippen LogP contribution in [0.3, 0.4) is 0 Å². The van der Waals surface area contributed by atoms with Gasteiger partial charge in [0.25, 0.3) is 5.56 Å². The quantitative estimate of drug-likeness (QED) is 0.374. The molecule has 0 amide bonds. The Hall–Kier alpha value is -3.34. The molecular formula is C20H23ClFN8O2+. The zero-order valence-corrected chi connectivity index (χ0v) is 18.3. The fourth-order valence-electron chi connectivity index (χ4n) is 3.46. The maximum atomic E-state index is 13.0. The van der Waals surface area contributed by atoms with Gasteiger partial charge in [0.15, 0.2) is 28.6 Å². The number of tetrazole rings is 1. The van der Waals surface area contributed by atoms with Crippen molar-refractivity contribution < 1.29 is 16.0 Å². The van der Waals surface area contributed by atoms with Gasteiger partial charge in [0.1, 0.15) is 5.82 Å². The first kappa shape index (κ1) is 21.9. The van der Waals surface area contributed by atoms with E-state index in [0.717, 1.165) is 18.4 Å². The third-order valence-corrected chi connectivity index (χ3v) is 5.28. The van der Waals surface area contributed by atoms with E-state index >= 15 is 0 Å². The minimum Gasteiger partial charge on any atom is -0.282 e. The van der Waals surface area contributed by atoms with Gasteiger partial charge in [-0.1, -0.05) is 25.5 Å². The molecule has 0 spiro atoms. The summed E-state index contributed by atoms with van der Waals surface area (Å²) in [4.78, 5) is 34.1. The lowest BCUT2D eigenvalue weighted by atomic mass is 10.1. The molecule has 10 nitrogen and oxygen atoms in total. The number of nitrogens with one attached hydrogen (secondary N) is 1. The predicted molar refractivity (Wildman–Crippen MR) is 112 cm³/mol. The fourth-order valence-corrected chi connectivity index (χ4v) is 3.65. The number of imidazole rings is 1. The molecule has 4 aromatic rings. The number of hydrogen-bond donors (Lipinski definition) is 1. The zero-order chi connectivity index (χ0) is 22.7. The Balaban J connectivity index is 1.48. The summed E-state index contributed by atoms with van der Waals surface area (Å²) in [6.45, 7) is 3.06. The molecule has 32 heavy (non-hydrogen) atoms. The van der Waals surface area contributed by atoms with Crippen LogP contribution in [0.25, 0.3) is 11.2 Å². The van der Waals surface area contributed by atoms with Crippen LogP contribution >= 0.6 is 0 Å². The summed E-state index contributed by atoms with van der Waals surface area (Å²) in [5.41, 5.74) is 0.578. The predicted octanol–water partition coefficient (Wildman–Crippen LogP) is 1.19. The van der Waals surface area contributed by atoms with Crippen LogP contribution in [0.1, 0.15) is 37.6 Å². The van der Waals surface area contributed by atoms with Crippen molar-refractivity contribution in [1.29, 1.82) is 0 Å². The Labute approximate surface area is 186 Å². The Bertz CT molecular complexity index is 1340. The molecule has 12 heteroatoms. The number of nitrogens with zero attached hydrogens (tertiary/aromatic N) is 7. The Kier molecular flexibility index (Phi) is 6.45. The molecule has 168 valence electrons. The van der Waals surface area contributed by atoms with E-state index in [4.69, 9.17) is 11.6 Å². The van der Waals surface area contributed by atoms with Crippen molar-refractivity contribution in [3.8, 4) is 0 Å². The van der Waals surface area contributed by atoms with Crippen LogP contribution in [0.5, 0.6) is 0 Å². The van der Waals surface area contributed by atoms with Crippen LogP contribution in [0, 0.1) is 17.4 Å². The van der Waals surface area contributed by atoms with Gasteiger partial charge in [0.2, 0.25) is 0 Å². The highest BCUT2D eigenvalue weighted by Crippen LogP contribution is 2.08. The Morgan fingerprint density at radius 1 is 1.06 bits per heavy atom. The molecule has 3 aromatic heterocycles. The molecule has 0 radical (unpaired) electrons. The van der Waals surface area contributed by atoms with Gasteiger partial charge in [-0.15, -0.1) is 10.2 Å². The second kappa shape index (κ2) is 9.43. The molecule has 0 fully saturated rings. The smallest absolute Gasteiger partial charge is 0.282 e. The maximum absolute atomic E-state index is 13.0. The van der Waals surface area contributed by atoms with Gasteiger partial charge >= 0.3 is 11.0 Å². The van der Waals surface area contributed by atoms with E-state index < -0.39 is 11.2 Å². The molecule has 0 aliphatic rings. The van der Waals surface area contributed by atoms with E-state index in [-0.39, 0.29) is 23.2 Å². The first-order valence-electron chi connectivity index (χ1n) is 10.4. The lowest BCUT2D eigenvalue weighted by Gasteiger charge is -2.10. The van der Waals surface area contributed by atoms with Crippen molar-refractivity contribution in [1.82, 2.24) is 39.3 Å². The van der Waals surface area contributed by atoms with Gasteiger partial charge in [-0.05, 0) is 35.8 Å². The molecule has 1 aromatic carbocycles. The van der Waals surface area contributed by atoms with E-state index in [1.54, 1.807) is 12.1 Å². The fraction of sp³-hybridized carbons (Fsp3) is 0.400. The molecule has 0 aliphatic heterocycles. The van der Waals surface area contributed by atoms with Crippen molar-refractivity contribution >= 4 is 11.2 Å². The summed E-state index contributed by atoms with van der Waals surface area (Å²) in [7, 11) is 0. The van der Waals surface area contributed by atoms with Crippen LogP contribution in [-0.2, 0) is 26.1 Å². The largest absolute Gasteiger partial charge is 0.398 e.